The maximum atomic E-state index is 14.0. The van der Waals surface area contributed by atoms with Crippen molar-refractivity contribution in [1.29, 1.82) is 0 Å². The number of carbonyl (C=O) groups is 2. The van der Waals surface area contributed by atoms with Gasteiger partial charge in [-0.05, 0) is 86.3 Å². The molecule has 3 aliphatic rings. The van der Waals surface area contributed by atoms with Gasteiger partial charge in [-0.3, -0.25) is 14.6 Å². The second kappa shape index (κ2) is 13.8. The molecular weight excluding hydrogens is 629 g/mol. The highest BCUT2D eigenvalue weighted by atomic mass is 35.5. The summed E-state index contributed by atoms with van der Waals surface area (Å²) in [6, 6.07) is 16.3. The summed E-state index contributed by atoms with van der Waals surface area (Å²) in [5.74, 6) is -0.258. The second-order valence-electron chi connectivity index (χ2n) is 13.2. The first-order chi connectivity index (χ1) is 22.5. The lowest BCUT2D eigenvalue weighted by atomic mass is 9.82. The molecule has 0 bridgehead atoms. The molecule has 6 rings (SSSR count). The van der Waals surface area contributed by atoms with Gasteiger partial charge in [-0.2, -0.15) is 13.2 Å². The molecular formula is C36H40ClF3N4O3. The molecule has 4 heterocycles. The normalized spacial score (nSPS) is 21.1. The molecule has 2 amide bonds. The number of alkyl halides is 3. The molecule has 3 aromatic rings. The van der Waals surface area contributed by atoms with Crippen LogP contribution < -0.4 is 4.90 Å². The highest BCUT2D eigenvalue weighted by Crippen LogP contribution is 2.42. The van der Waals surface area contributed by atoms with E-state index in [-0.39, 0.29) is 19.0 Å². The topological polar surface area (TPSA) is 77.0 Å². The lowest BCUT2D eigenvalue weighted by molar-refractivity contribution is -0.262. The number of pyridine rings is 1. The van der Waals surface area contributed by atoms with Crippen LogP contribution in [0.15, 0.2) is 73.1 Å². The third-order valence-electron chi connectivity index (χ3n) is 10.3. The Morgan fingerprint density at radius 3 is 2.06 bits per heavy atom. The minimum absolute atomic E-state index is 0.0484. The smallest absolute Gasteiger partial charge is 0.371 e. The molecule has 1 aromatic heterocycles. The summed E-state index contributed by atoms with van der Waals surface area (Å²) in [7, 11) is 0. The fourth-order valence-corrected chi connectivity index (χ4v) is 7.74. The van der Waals surface area contributed by atoms with Gasteiger partial charge < -0.3 is 19.8 Å². The highest BCUT2D eigenvalue weighted by Gasteiger charge is 2.62. The zero-order valence-electron chi connectivity index (χ0n) is 26.2. The van der Waals surface area contributed by atoms with Gasteiger partial charge in [-0.1, -0.05) is 41.9 Å². The van der Waals surface area contributed by atoms with E-state index in [1.54, 1.807) is 18.5 Å². The number of aliphatic hydroxyl groups is 1. The van der Waals surface area contributed by atoms with Crippen LogP contribution in [0.5, 0.6) is 0 Å². The van der Waals surface area contributed by atoms with E-state index in [2.05, 4.69) is 9.88 Å². The predicted molar refractivity (Wildman–Crippen MR) is 174 cm³/mol. The SMILES string of the molecule is O=C(c1ccc(N2CCC(CC3CCN(C(=O)C(O)(c4ccccc4)C(F)(F)F)CC3)CC2)cc1Cl)N1CCC(c2ccncc2)C1. The average Bonchev–Trinajstić information content (AvgIpc) is 3.59. The first kappa shape index (κ1) is 33.3. The molecule has 2 atom stereocenters. The first-order valence-corrected chi connectivity index (χ1v) is 16.8. The van der Waals surface area contributed by atoms with Crippen LogP contribution in [-0.2, 0) is 10.4 Å². The van der Waals surface area contributed by atoms with Crippen molar-refractivity contribution in [2.45, 2.75) is 56.2 Å². The van der Waals surface area contributed by atoms with Crippen molar-refractivity contribution in [2.75, 3.05) is 44.2 Å². The molecule has 2 unspecified atom stereocenters. The van der Waals surface area contributed by atoms with Gasteiger partial charge >= 0.3 is 6.18 Å². The predicted octanol–water partition coefficient (Wildman–Crippen LogP) is 6.66. The molecule has 3 fully saturated rings. The lowest BCUT2D eigenvalue weighted by Crippen LogP contribution is -2.57. The molecule has 2 aromatic carbocycles. The van der Waals surface area contributed by atoms with Gasteiger partial charge in [0.2, 0.25) is 0 Å². The van der Waals surface area contributed by atoms with Crippen molar-refractivity contribution < 1.29 is 27.9 Å². The van der Waals surface area contributed by atoms with E-state index in [0.717, 1.165) is 56.6 Å². The fraction of sp³-hybridized carbons (Fsp3) is 0.472. The number of hydrogen-bond donors (Lipinski definition) is 1. The van der Waals surface area contributed by atoms with Crippen molar-refractivity contribution in [3.05, 3.63) is 94.8 Å². The standard InChI is InChI=1S/C36H40ClF3N4O3/c37-32-23-30(6-7-31(32)33(45)44-21-14-28(24-44)27-8-15-41-16-9-27)42-17-10-25(11-18-42)22-26-12-19-43(20-13-26)34(46)35(47,36(38,39)40)29-4-2-1-3-5-29/h1-9,15-16,23,25-26,28,47H,10-14,17-22,24H2. The number of halogens is 4. The van der Waals surface area contributed by atoms with Gasteiger partial charge in [-0.25, -0.2) is 0 Å². The number of nitrogens with zero attached hydrogens (tertiary/aromatic N) is 4. The van der Waals surface area contributed by atoms with E-state index in [9.17, 15) is 27.9 Å². The fourth-order valence-electron chi connectivity index (χ4n) is 7.48. The molecule has 0 radical (unpaired) electrons. The largest absolute Gasteiger partial charge is 0.430 e. The Labute approximate surface area is 278 Å². The van der Waals surface area contributed by atoms with Gasteiger partial charge in [0.25, 0.3) is 17.4 Å². The summed E-state index contributed by atoms with van der Waals surface area (Å²) < 4.78 is 42.0. The van der Waals surface area contributed by atoms with Crippen LogP contribution in [0.4, 0.5) is 18.9 Å². The van der Waals surface area contributed by atoms with Gasteiger partial charge in [0.05, 0.1) is 10.6 Å². The number of hydrogen-bond acceptors (Lipinski definition) is 5. The summed E-state index contributed by atoms with van der Waals surface area (Å²) in [5.41, 5.74) is -1.32. The van der Waals surface area contributed by atoms with E-state index in [4.69, 9.17) is 11.6 Å². The third kappa shape index (κ3) is 6.99. The van der Waals surface area contributed by atoms with E-state index in [1.807, 2.05) is 35.2 Å². The van der Waals surface area contributed by atoms with Gasteiger partial charge in [0.1, 0.15) is 0 Å². The molecule has 0 spiro atoms. The molecule has 0 aliphatic carbocycles. The monoisotopic (exact) mass is 668 g/mol. The number of piperidine rings is 2. The number of rotatable bonds is 7. The minimum Gasteiger partial charge on any atom is -0.371 e. The third-order valence-corrected chi connectivity index (χ3v) is 10.6. The Kier molecular flexibility index (Phi) is 9.80. The van der Waals surface area contributed by atoms with Crippen LogP contribution >= 0.6 is 11.6 Å². The van der Waals surface area contributed by atoms with Crippen LogP contribution in [0, 0.1) is 11.8 Å². The van der Waals surface area contributed by atoms with Crippen molar-refractivity contribution >= 4 is 29.1 Å². The highest BCUT2D eigenvalue weighted by molar-refractivity contribution is 6.34. The first-order valence-electron chi connectivity index (χ1n) is 16.4. The molecule has 0 saturated carbocycles. The zero-order chi connectivity index (χ0) is 33.2. The Morgan fingerprint density at radius 2 is 1.45 bits per heavy atom. The number of likely N-dealkylation sites (tertiary alicyclic amines) is 2. The quantitative estimate of drug-likeness (QED) is 0.305. The Balaban J connectivity index is 0.981. The van der Waals surface area contributed by atoms with E-state index < -0.39 is 23.2 Å². The van der Waals surface area contributed by atoms with Crippen molar-refractivity contribution in [3.63, 3.8) is 0 Å². The van der Waals surface area contributed by atoms with Gasteiger partial charge in [-0.15, -0.1) is 0 Å². The zero-order valence-corrected chi connectivity index (χ0v) is 27.0. The minimum atomic E-state index is -5.13. The molecule has 47 heavy (non-hydrogen) atoms. The maximum absolute atomic E-state index is 14.0. The van der Waals surface area contributed by atoms with Crippen molar-refractivity contribution in [3.8, 4) is 0 Å². The van der Waals surface area contributed by atoms with E-state index in [1.165, 1.54) is 22.6 Å². The molecule has 11 heteroatoms. The summed E-state index contributed by atoms with van der Waals surface area (Å²) in [6.45, 7) is 3.43. The van der Waals surface area contributed by atoms with E-state index in [0.29, 0.717) is 54.3 Å². The number of benzene rings is 2. The molecule has 3 aliphatic heterocycles. The van der Waals surface area contributed by atoms with Gasteiger partial charge in [0.15, 0.2) is 0 Å². The number of aromatic nitrogens is 1. The van der Waals surface area contributed by atoms with Gasteiger partial charge in [0, 0.05) is 68.8 Å². The maximum Gasteiger partial charge on any atom is 0.430 e. The summed E-state index contributed by atoms with van der Waals surface area (Å²) >= 11 is 6.67. The summed E-state index contributed by atoms with van der Waals surface area (Å²) in [6.07, 6.45) is 3.48. The summed E-state index contributed by atoms with van der Waals surface area (Å²) in [5, 5.41) is 11.1. The summed E-state index contributed by atoms with van der Waals surface area (Å²) in [4.78, 5) is 35.8. The Morgan fingerprint density at radius 1 is 0.830 bits per heavy atom. The lowest BCUT2D eigenvalue weighted by Gasteiger charge is -2.40. The van der Waals surface area contributed by atoms with Crippen LogP contribution in [0.25, 0.3) is 0 Å². The van der Waals surface area contributed by atoms with E-state index >= 15 is 0 Å². The molecule has 1 N–H and O–H groups in total. The second-order valence-corrected chi connectivity index (χ2v) is 13.6. The van der Waals surface area contributed by atoms with Crippen LogP contribution in [-0.4, -0.2) is 77.1 Å². The Hall–Kier alpha value is -3.63. The van der Waals surface area contributed by atoms with Crippen LogP contribution in [0.3, 0.4) is 0 Å². The number of anilines is 1. The average molecular weight is 669 g/mol. The number of amides is 2. The number of carbonyl (C=O) groups excluding carboxylic acids is 2. The molecule has 3 saturated heterocycles. The van der Waals surface area contributed by atoms with Crippen molar-refractivity contribution in [1.82, 2.24) is 14.8 Å². The Bertz CT molecular complexity index is 1540. The molecule has 250 valence electrons. The van der Waals surface area contributed by atoms with Crippen molar-refractivity contribution in [2.24, 2.45) is 11.8 Å². The molecule has 7 nitrogen and oxygen atoms in total. The van der Waals surface area contributed by atoms with Crippen LogP contribution in [0.1, 0.15) is 65.9 Å². The van der Waals surface area contributed by atoms with Crippen LogP contribution in [0.2, 0.25) is 5.02 Å².